The van der Waals surface area contributed by atoms with Gasteiger partial charge in [-0.25, -0.2) is 4.39 Å². The minimum absolute atomic E-state index is 0.322. The zero-order valence-electron chi connectivity index (χ0n) is 11.1. The molecule has 2 aromatic carbocycles. The monoisotopic (exact) mass is 345 g/mol. The molecule has 3 aromatic rings. The normalized spacial score (nSPS) is 10.8. The Labute approximate surface area is 130 Å². The quantitative estimate of drug-likeness (QED) is 0.777. The number of aromatic nitrogens is 2. The van der Waals surface area contributed by atoms with Gasteiger partial charge in [-0.3, -0.25) is 4.68 Å². The molecule has 21 heavy (non-hydrogen) atoms. The number of benzene rings is 2. The average molecular weight is 346 g/mol. The van der Waals surface area contributed by atoms with Gasteiger partial charge in [0, 0.05) is 16.2 Å². The summed E-state index contributed by atoms with van der Waals surface area (Å²) in [5, 5.41) is 4.40. The van der Waals surface area contributed by atoms with Gasteiger partial charge in [0.2, 0.25) is 0 Å². The topological polar surface area (TPSA) is 43.8 Å². The van der Waals surface area contributed by atoms with Gasteiger partial charge >= 0.3 is 0 Å². The van der Waals surface area contributed by atoms with Gasteiger partial charge in [-0.1, -0.05) is 40.2 Å². The van der Waals surface area contributed by atoms with Crippen molar-refractivity contribution in [3.05, 3.63) is 70.6 Å². The van der Waals surface area contributed by atoms with Crippen molar-refractivity contribution in [1.82, 2.24) is 9.78 Å². The molecule has 3 rings (SSSR count). The highest BCUT2D eigenvalue weighted by molar-refractivity contribution is 9.10. The Hall–Kier alpha value is -2.14. The molecule has 0 aliphatic carbocycles. The number of anilines is 1. The van der Waals surface area contributed by atoms with Crippen LogP contribution in [0.2, 0.25) is 0 Å². The van der Waals surface area contributed by atoms with E-state index in [2.05, 4.69) is 21.0 Å². The molecule has 0 atom stereocenters. The van der Waals surface area contributed by atoms with Crippen LogP contribution in [0.5, 0.6) is 0 Å². The highest BCUT2D eigenvalue weighted by Gasteiger charge is 2.12. The van der Waals surface area contributed by atoms with E-state index in [1.54, 1.807) is 29.1 Å². The van der Waals surface area contributed by atoms with Crippen LogP contribution in [0.15, 0.2) is 59.2 Å². The molecule has 0 saturated heterocycles. The van der Waals surface area contributed by atoms with Crippen LogP contribution in [-0.2, 0) is 6.54 Å². The van der Waals surface area contributed by atoms with E-state index in [1.807, 2.05) is 24.3 Å². The van der Waals surface area contributed by atoms with Crippen molar-refractivity contribution >= 4 is 21.6 Å². The molecule has 0 fully saturated rings. The molecule has 106 valence electrons. The van der Waals surface area contributed by atoms with Crippen LogP contribution in [0.4, 0.5) is 10.1 Å². The molecule has 0 saturated carbocycles. The van der Waals surface area contributed by atoms with Gasteiger partial charge in [0.1, 0.15) is 11.5 Å². The number of nitrogens with zero attached hydrogens (tertiary/aromatic N) is 2. The molecule has 0 aliphatic heterocycles. The number of rotatable bonds is 3. The molecule has 3 nitrogen and oxygen atoms in total. The Morgan fingerprint density at radius 1 is 1.14 bits per heavy atom. The molecule has 0 spiro atoms. The lowest BCUT2D eigenvalue weighted by molar-refractivity contribution is 0.628. The number of hydrogen-bond donors (Lipinski definition) is 1. The van der Waals surface area contributed by atoms with Crippen molar-refractivity contribution in [2.24, 2.45) is 0 Å². The van der Waals surface area contributed by atoms with Crippen LogP contribution < -0.4 is 5.73 Å². The van der Waals surface area contributed by atoms with Crippen LogP contribution >= 0.6 is 15.9 Å². The lowest BCUT2D eigenvalue weighted by Crippen LogP contribution is -2.00. The minimum atomic E-state index is -0.322. The molecule has 5 heteroatoms. The summed E-state index contributed by atoms with van der Waals surface area (Å²) in [7, 11) is 0. The molecule has 2 N–H and O–H groups in total. The lowest BCUT2D eigenvalue weighted by atomic mass is 10.1. The summed E-state index contributed by atoms with van der Waals surface area (Å²) in [5.41, 5.74) is 8.42. The molecular formula is C16H13BrFN3. The van der Waals surface area contributed by atoms with Crippen LogP contribution in [0.1, 0.15) is 5.56 Å². The highest BCUT2D eigenvalue weighted by atomic mass is 79.9. The first kappa shape index (κ1) is 13.8. The summed E-state index contributed by atoms with van der Waals surface area (Å²) in [6, 6.07) is 14.4. The second kappa shape index (κ2) is 5.69. The standard InChI is InChI=1S/C16H13BrFN3/c17-12-5-3-4-11(8-12)9-21-10-15(19)16(20-21)13-6-1-2-7-14(13)18/h1-8,10H,9,19H2. The predicted molar refractivity (Wildman–Crippen MR) is 85.3 cm³/mol. The van der Waals surface area contributed by atoms with Crippen molar-refractivity contribution in [3.63, 3.8) is 0 Å². The molecule has 0 unspecified atom stereocenters. The number of nitrogen functional groups attached to an aromatic ring is 1. The molecular weight excluding hydrogens is 333 g/mol. The maximum Gasteiger partial charge on any atom is 0.132 e. The van der Waals surface area contributed by atoms with Gasteiger partial charge in [-0.2, -0.15) is 5.10 Å². The zero-order valence-corrected chi connectivity index (χ0v) is 12.7. The molecule has 0 aliphatic rings. The third kappa shape index (κ3) is 2.97. The summed E-state index contributed by atoms with van der Waals surface area (Å²) >= 11 is 3.44. The molecule has 1 heterocycles. The van der Waals surface area contributed by atoms with Crippen molar-refractivity contribution in [2.45, 2.75) is 6.54 Å². The second-order valence-electron chi connectivity index (χ2n) is 4.74. The minimum Gasteiger partial charge on any atom is -0.396 e. The van der Waals surface area contributed by atoms with Crippen LogP contribution in [-0.4, -0.2) is 9.78 Å². The van der Waals surface area contributed by atoms with Gasteiger partial charge < -0.3 is 5.73 Å². The lowest BCUT2D eigenvalue weighted by Gasteiger charge is -2.03. The summed E-state index contributed by atoms with van der Waals surface area (Å²) in [6.07, 6.45) is 1.72. The second-order valence-corrected chi connectivity index (χ2v) is 5.66. The predicted octanol–water partition coefficient (Wildman–Crippen LogP) is 4.08. The average Bonchev–Trinajstić information content (AvgIpc) is 2.80. The van der Waals surface area contributed by atoms with E-state index >= 15 is 0 Å². The molecule has 0 radical (unpaired) electrons. The van der Waals surface area contributed by atoms with E-state index in [0.717, 1.165) is 10.0 Å². The number of nitrogens with two attached hydrogens (primary N) is 1. The van der Waals surface area contributed by atoms with Gasteiger partial charge in [0.05, 0.1) is 12.2 Å². The van der Waals surface area contributed by atoms with Crippen molar-refractivity contribution < 1.29 is 4.39 Å². The van der Waals surface area contributed by atoms with Gasteiger partial charge in [-0.15, -0.1) is 0 Å². The summed E-state index contributed by atoms with van der Waals surface area (Å²) in [4.78, 5) is 0. The molecule has 0 amide bonds. The summed E-state index contributed by atoms with van der Waals surface area (Å²) in [6.45, 7) is 0.581. The Morgan fingerprint density at radius 2 is 1.95 bits per heavy atom. The first-order valence-electron chi connectivity index (χ1n) is 6.46. The fraction of sp³-hybridized carbons (Fsp3) is 0.0625. The maximum absolute atomic E-state index is 13.8. The van der Waals surface area contributed by atoms with E-state index in [-0.39, 0.29) is 5.82 Å². The Balaban J connectivity index is 1.93. The highest BCUT2D eigenvalue weighted by Crippen LogP contribution is 2.26. The Kier molecular flexibility index (Phi) is 3.75. The Bertz CT molecular complexity index is 783. The van der Waals surface area contributed by atoms with Crippen molar-refractivity contribution in [1.29, 1.82) is 0 Å². The fourth-order valence-electron chi connectivity index (χ4n) is 2.20. The molecule has 0 bridgehead atoms. The third-order valence-electron chi connectivity index (χ3n) is 3.15. The van der Waals surface area contributed by atoms with E-state index in [1.165, 1.54) is 6.07 Å². The first-order chi connectivity index (χ1) is 10.1. The number of hydrogen-bond acceptors (Lipinski definition) is 2. The SMILES string of the molecule is Nc1cn(Cc2cccc(Br)c2)nc1-c1ccccc1F. The van der Waals surface area contributed by atoms with Crippen LogP contribution in [0.25, 0.3) is 11.3 Å². The first-order valence-corrected chi connectivity index (χ1v) is 7.25. The van der Waals surface area contributed by atoms with E-state index < -0.39 is 0 Å². The van der Waals surface area contributed by atoms with Crippen LogP contribution in [0.3, 0.4) is 0 Å². The number of halogens is 2. The smallest absolute Gasteiger partial charge is 0.132 e. The maximum atomic E-state index is 13.8. The van der Waals surface area contributed by atoms with Crippen LogP contribution in [0, 0.1) is 5.82 Å². The Morgan fingerprint density at radius 3 is 2.71 bits per heavy atom. The van der Waals surface area contributed by atoms with E-state index in [0.29, 0.717) is 23.5 Å². The van der Waals surface area contributed by atoms with Gasteiger partial charge in [-0.05, 0) is 29.8 Å². The largest absolute Gasteiger partial charge is 0.396 e. The fourth-order valence-corrected chi connectivity index (χ4v) is 2.65. The van der Waals surface area contributed by atoms with E-state index in [9.17, 15) is 4.39 Å². The van der Waals surface area contributed by atoms with Gasteiger partial charge in [0.25, 0.3) is 0 Å². The van der Waals surface area contributed by atoms with Crippen molar-refractivity contribution in [3.8, 4) is 11.3 Å². The summed E-state index contributed by atoms with van der Waals surface area (Å²) in [5.74, 6) is -0.322. The zero-order chi connectivity index (χ0) is 14.8. The van der Waals surface area contributed by atoms with E-state index in [4.69, 9.17) is 5.73 Å². The molecule has 1 aromatic heterocycles. The third-order valence-corrected chi connectivity index (χ3v) is 3.65. The van der Waals surface area contributed by atoms with Crippen molar-refractivity contribution in [2.75, 3.05) is 5.73 Å². The van der Waals surface area contributed by atoms with Gasteiger partial charge in [0.15, 0.2) is 0 Å². The summed E-state index contributed by atoms with van der Waals surface area (Å²) < 4.78 is 16.6.